The molecule has 3 aromatic carbocycles. The van der Waals surface area contributed by atoms with Gasteiger partial charge in [0.2, 0.25) is 5.91 Å². The van der Waals surface area contributed by atoms with E-state index in [-0.39, 0.29) is 5.91 Å². The fourth-order valence-electron chi connectivity index (χ4n) is 5.67. The molecule has 1 unspecified atom stereocenters. The van der Waals surface area contributed by atoms with Crippen LogP contribution in [-0.4, -0.2) is 59.5 Å². The molecule has 0 aromatic heterocycles. The topological polar surface area (TPSA) is 60.9 Å². The average molecular weight is 489 g/mol. The number of carboxylic acid groups (broad SMARTS) is 1. The van der Waals surface area contributed by atoms with Crippen LogP contribution in [0.25, 0.3) is 11.1 Å². The van der Waals surface area contributed by atoms with Crippen LogP contribution in [0.2, 0.25) is 5.02 Å². The van der Waals surface area contributed by atoms with Crippen molar-refractivity contribution in [2.45, 2.75) is 24.7 Å². The Hall–Kier alpha value is -3.15. The van der Waals surface area contributed by atoms with Crippen LogP contribution in [0.3, 0.4) is 0 Å². The van der Waals surface area contributed by atoms with Crippen LogP contribution < -0.4 is 0 Å². The zero-order valence-corrected chi connectivity index (χ0v) is 20.4. The predicted molar refractivity (Wildman–Crippen MR) is 138 cm³/mol. The number of benzene rings is 3. The second-order valence-electron chi connectivity index (χ2n) is 9.41. The van der Waals surface area contributed by atoms with E-state index in [0.29, 0.717) is 36.5 Å². The molecule has 0 saturated carbocycles. The van der Waals surface area contributed by atoms with Crippen LogP contribution in [0, 0.1) is 0 Å². The lowest BCUT2D eigenvalue weighted by Crippen LogP contribution is -2.49. The number of rotatable bonds is 7. The van der Waals surface area contributed by atoms with Gasteiger partial charge in [-0.2, -0.15) is 0 Å². The van der Waals surface area contributed by atoms with Gasteiger partial charge < -0.3 is 10.0 Å². The molecule has 0 radical (unpaired) electrons. The van der Waals surface area contributed by atoms with Crippen molar-refractivity contribution in [2.75, 3.05) is 32.7 Å². The molecule has 1 heterocycles. The summed E-state index contributed by atoms with van der Waals surface area (Å²) in [5.74, 6) is -0.692. The number of amides is 1. The SMILES string of the molecule is O=C(Cc1ccccc1)N1CCN(CCCC2(C(=O)O)c3ccccc3-c3cccc(Cl)c32)CC1. The number of carbonyl (C=O) groups excluding carboxylic acids is 1. The number of halogens is 1. The highest BCUT2D eigenvalue weighted by molar-refractivity contribution is 6.32. The molecule has 1 aliphatic carbocycles. The number of hydrogen-bond acceptors (Lipinski definition) is 3. The lowest BCUT2D eigenvalue weighted by atomic mass is 9.74. The molecule has 1 atom stereocenters. The summed E-state index contributed by atoms with van der Waals surface area (Å²) < 4.78 is 0. The van der Waals surface area contributed by atoms with Gasteiger partial charge in [0.25, 0.3) is 0 Å². The van der Waals surface area contributed by atoms with E-state index in [9.17, 15) is 14.7 Å². The van der Waals surface area contributed by atoms with Gasteiger partial charge in [0, 0.05) is 36.8 Å². The standard InChI is InChI=1S/C29H29ClN2O3/c30-25-13-6-11-23-22-10-4-5-12-24(22)29(27(23)25,28(34)35)14-7-15-31-16-18-32(19-17-31)26(33)20-21-8-2-1-3-9-21/h1-6,8-13H,7,14-20H2,(H,34,35). The van der Waals surface area contributed by atoms with Gasteiger partial charge in [-0.3, -0.25) is 14.5 Å². The van der Waals surface area contributed by atoms with Gasteiger partial charge in [-0.15, -0.1) is 0 Å². The summed E-state index contributed by atoms with van der Waals surface area (Å²) in [5, 5.41) is 11.0. The summed E-state index contributed by atoms with van der Waals surface area (Å²) in [5.41, 5.74) is 3.31. The van der Waals surface area contributed by atoms with Crippen LogP contribution in [0.4, 0.5) is 0 Å². The predicted octanol–water partition coefficient (Wildman–Crippen LogP) is 4.86. The first kappa shape index (κ1) is 23.6. The van der Waals surface area contributed by atoms with Gasteiger partial charge in [0.05, 0.1) is 6.42 Å². The van der Waals surface area contributed by atoms with Crippen molar-refractivity contribution in [1.29, 1.82) is 0 Å². The Balaban J connectivity index is 1.24. The molecule has 1 aliphatic heterocycles. The molecule has 3 aromatic rings. The molecule has 5 nitrogen and oxygen atoms in total. The average Bonchev–Trinajstić information content (AvgIpc) is 3.17. The van der Waals surface area contributed by atoms with Crippen LogP contribution in [0.15, 0.2) is 72.8 Å². The molecule has 1 N–H and O–H groups in total. The molecular formula is C29H29ClN2O3. The van der Waals surface area contributed by atoms with E-state index < -0.39 is 11.4 Å². The van der Waals surface area contributed by atoms with Crippen molar-refractivity contribution in [2.24, 2.45) is 0 Å². The number of aliphatic carboxylic acids is 1. The monoisotopic (exact) mass is 488 g/mol. The molecule has 5 rings (SSSR count). The highest BCUT2D eigenvalue weighted by atomic mass is 35.5. The minimum atomic E-state index is -1.14. The van der Waals surface area contributed by atoms with Gasteiger partial charge in [0.15, 0.2) is 0 Å². The fourth-order valence-corrected chi connectivity index (χ4v) is 6.00. The minimum absolute atomic E-state index is 0.162. The third-order valence-corrected chi connectivity index (χ3v) is 7.75. The largest absolute Gasteiger partial charge is 0.480 e. The van der Waals surface area contributed by atoms with Gasteiger partial charge in [-0.1, -0.05) is 78.3 Å². The van der Waals surface area contributed by atoms with Crippen LogP contribution in [-0.2, 0) is 21.4 Å². The second kappa shape index (κ2) is 9.84. The third-order valence-electron chi connectivity index (χ3n) is 7.43. The quantitative estimate of drug-likeness (QED) is 0.516. The summed E-state index contributed by atoms with van der Waals surface area (Å²) in [6.07, 6.45) is 1.63. The first-order chi connectivity index (χ1) is 17.0. The Morgan fingerprint density at radius 1 is 0.857 bits per heavy atom. The zero-order valence-electron chi connectivity index (χ0n) is 19.6. The Bertz CT molecular complexity index is 1240. The summed E-state index contributed by atoms with van der Waals surface area (Å²) in [7, 11) is 0. The van der Waals surface area contributed by atoms with E-state index in [1.165, 1.54) is 0 Å². The number of fused-ring (bicyclic) bond motifs is 3. The molecule has 0 spiro atoms. The summed E-state index contributed by atoms with van der Waals surface area (Å²) in [4.78, 5) is 29.8. The highest BCUT2D eigenvalue weighted by Crippen LogP contribution is 2.53. The van der Waals surface area contributed by atoms with Crippen LogP contribution in [0.1, 0.15) is 29.5 Å². The van der Waals surface area contributed by atoms with Gasteiger partial charge in [0.1, 0.15) is 5.41 Å². The second-order valence-corrected chi connectivity index (χ2v) is 9.81. The van der Waals surface area contributed by atoms with Crippen molar-refractivity contribution < 1.29 is 14.7 Å². The maximum atomic E-state index is 12.8. The fraction of sp³-hybridized carbons (Fsp3) is 0.310. The summed E-state index contributed by atoms with van der Waals surface area (Å²) in [6, 6.07) is 23.2. The Kier molecular flexibility index (Phi) is 6.63. The highest BCUT2D eigenvalue weighted by Gasteiger charge is 2.50. The number of hydrogen-bond donors (Lipinski definition) is 1. The van der Waals surface area contributed by atoms with E-state index >= 15 is 0 Å². The van der Waals surface area contributed by atoms with Crippen molar-refractivity contribution in [3.63, 3.8) is 0 Å². The molecule has 1 amide bonds. The Morgan fingerprint density at radius 2 is 1.54 bits per heavy atom. The number of piperazine rings is 1. The molecule has 2 aliphatic rings. The number of nitrogens with zero attached hydrogens (tertiary/aromatic N) is 2. The lowest BCUT2D eigenvalue weighted by molar-refractivity contribution is -0.142. The normalized spacial score (nSPS) is 19.3. The smallest absolute Gasteiger partial charge is 0.318 e. The van der Waals surface area contributed by atoms with Crippen molar-refractivity contribution in [3.05, 3.63) is 94.5 Å². The maximum absolute atomic E-state index is 12.8. The Morgan fingerprint density at radius 3 is 2.29 bits per heavy atom. The first-order valence-electron chi connectivity index (χ1n) is 12.2. The van der Waals surface area contributed by atoms with Gasteiger partial charge >= 0.3 is 5.97 Å². The zero-order chi connectivity index (χ0) is 24.4. The Labute approximate surface area is 210 Å². The van der Waals surface area contributed by atoms with Crippen molar-refractivity contribution in [1.82, 2.24) is 9.80 Å². The molecule has 1 fully saturated rings. The molecule has 180 valence electrons. The van der Waals surface area contributed by atoms with Crippen LogP contribution >= 0.6 is 11.6 Å². The van der Waals surface area contributed by atoms with E-state index in [1.807, 2.05) is 71.6 Å². The van der Waals surface area contributed by atoms with Gasteiger partial charge in [-0.25, -0.2) is 0 Å². The maximum Gasteiger partial charge on any atom is 0.318 e. The number of carboxylic acids is 1. The first-order valence-corrected chi connectivity index (χ1v) is 12.5. The van der Waals surface area contributed by atoms with E-state index in [2.05, 4.69) is 4.90 Å². The van der Waals surface area contributed by atoms with Crippen molar-refractivity contribution >= 4 is 23.5 Å². The number of carbonyl (C=O) groups is 2. The van der Waals surface area contributed by atoms with Gasteiger partial charge in [-0.05, 0) is 47.7 Å². The van der Waals surface area contributed by atoms with E-state index in [4.69, 9.17) is 11.6 Å². The van der Waals surface area contributed by atoms with E-state index in [0.717, 1.165) is 48.3 Å². The molecular weight excluding hydrogens is 460 g/mol. The van der Waals surface area contributed by atoms with Crippen molar-refractivity contribution in [3.8, 4) is 11.1 Å². The lowest BCUT2D eigenvalue weighted by Gasteiger charge is -2.35. The minimum Gasteiger partial charge on any atom is -0.480 e. The summed E-state index contributed by atoms with van der Waals surface area (Å²) >= 11 is 6.61. The molecule has 6 heteroatoms. The third kappa shape index (κ3) is 4.35. The van der Waals surface area contributed by atoms with Crippen LogP contribution in [0.5, 0.6) is 0 Å². The molecule has 0 bridgehead atoms. The molecule has 1 saturated heterocycles. The molecule has 35 heavy (non-hydrogen) atoms. The summed E-state index contributed by atoms with van der Waals surface area (Å²) in [6.45, 7) is 3.79. The van der Waals surface area contributed by atoms with E-state index in [1.54, 1.807) is 6.07 Å².